The van der Waals surface area contributed by atoms with Gasteiger partial charge in [-0.25, -0.2) is 0 Å². The third-order valence-electron chi connectivity index (χ3n) is 2.56. The van der Waals surface area contributed by atoms with Crippen molar-refractivity contribution < 1.29 is 19.8 Å². The number of para-hydroxylation sites is 1. The summed E-state index contributed by atoms with van der Waals surface area (Å²) in [6.45, 7) is 0. The van der Waals surface area contributed by atoms with Crippen LogP contribution in [-0.4, -0.2) is 15.1 Å². The molecule has 0 atom stereocenters. The Morgan fingerprint density at radius 3 is 2.14 bits per heavy atom. The lowest BCUT2D eigenvalue weighted by atomic mass is 10.2. The second-order valence-corrected chi connectivity index (χ2v) is 3.88. The van der Waals surface area contributed by atoms with Gasteiger partial charge in [0.25, 0.3) is 0 Å². The molecule has 0 bridgehead atoms. The number of anilines is 1. The Morgan fingerprint density at radius 2 is 1.62 bits per heavy atom. The summed E-state index contributed by atoms with van der Waals surface area (Å²) in [7, 11) is 0. The zero-order chi connectivity index (χ0) is 15.4. The van der Waals surface area contributed by atoms with E-state index in [4.69, 9.17) is 9.94 Å². The molecular formula is C12H9N3O6. The first-order valence-corrected chi connectivity index (χ1v) is 5.62. The highest BCUT2D eigenvalue weighted by Gasteiger charge is 2.26. The molecule has 2 N–H and O–H groups in total. The van der Waals surface area contributed by atoms with Gasteiger partial charge in [-0.2, -0.15) is 0 Å². The average Bonchev–Trinajstić information content (AvgIpc) is 2.47. The average molecular weight is 291 g/mol. The zero-order valence-corrected chi connectivity index (χ0v) is 10.4. The molecule has 0 aliphatic carbocycles. The van der Waals surface area contributed by atoms with Crippen LogP contribution in [0.4, 0.5) is 17.1 Å². The number of rotatable bonds is 5. The van der Waals surface area contributed by atoms with Crippen molar-refractivity contribution in [1.29, 1.82) is 0 Å². The van der Waals surface area contributed by atoms with Crippen LogP contribution in [0.15, 0.2) is 42.5 Å². The van der Waals surface area contributed by atoms with Crippen LogP contribution in [0.2, 0.25) is 0 Å². The van der Waals surface area contributed by atoms with E-state index >= 15 is 0 Å². The summed E-state index contributed by atoms with van der Waals surface area (Å²) in [5.41, 5.74) is 0.102. The number of nitro groups is 2. The molecule has 21 heavy (non-hydrogen) atoms. The number of ether oxygens (including phenoxy) is 1. The quantitative estimate of drug-likeness (QED) is 0.639. The Bertz CT molecular complexity index is 689. The SMILES string of the molecule is O=[N+]([O-])c1cc([N+](=O)[O-])c(Oc2ccccc2)cc1NO. The van der Waals surface area contributed by atoms with Crippen LogP contribution < -0.4 is 10.2 Å². The molecule has 0 spiro atoms. The third kappa shape index (κ3) is 3.04. The minimum atomic E-state index is -0.849. The van der Waals surface area contributed by atoms with Gasteiger partial charge in [0.2, 0.25) is 5.75 Å². The molecule has 9 heteroatoms. The first kappa shape index (κ1) is 14.2. The lowest BCUT2D eigenvalue weighted by Gasteiger charge is -2.08. The summed E-state index contributed by atoms with van der Waals surface area (Å²) in [6.07, 6.45) is 0. The number of nitro benzene ring substituents is 2. The van der Waals surface area contributed by atoms with Crippen LogP contribution >= 0.6 is 0 Å². The smallest absolute Gasteiger partial charge is 0.318 e. The maximum atomic E-state index is 11.0. The molecule has 0 amide bonds. The lowest BCUT2D eigenvalue weighted by Crippen LogP contribution is -2.01. The van der Waals surface area contributed by atoms with Gasteiger partial charge in [-0.05, 0) is 12.1 Å². The van der Waals surface area contributed by atoms with Crippen molar-refractivity contribution in [2.24, 2.45) is 0 Å². The Kier molecular flexibility index (Phi) is 3.95. The number of nitrogens with zero attached hydrogens (tertiary/aromatic N) is 2. The van der Waals surface area contributed by atoms with E-state index in [9.17, 15) is 20.2 Å². The molecule has 0 fully saturated rings. The first-order valence-electron chi connectivity index (χ1n) is 5.62. The van der Waals surface area contributed by atoms with Crippen molar-refractivity contribution in [3.8, 4) is 11.5 Å². The molecule has 2 aromatic carbocycles. The number of nitrogens with one attached hydrogen (secondary N) is 1. The van der Waals surface area contributed by atoms with E-state index in [1.807, 2.05) is 0 Å². The molecule has 0 unspecified atom stereocenters. The maximum Gasteiger partial charge on any atom is 0.318 e. The monoisotopic (exact) mass is 291 g/mol. The predicted molar refractivity (Wildman–Crippen MR) is 71.7 cm³/mol. The van der Waals surface area contributed by atoms with Gasteiger partial charge < -0.3 is 4.74 Å². The molecular weight excluding hydrogens is 282 g/mol. The Labute approximate surface area is 117 Å². The summed E-state index contributed by atoms with van der Waals surface area (Å²) in [4.78, 5) is 20.2. The van der Waals surface area contributed by atoms with Crippen LogP contribution in [0, 0.1) is 20.2 Å². The molecule has 108 valence electrons. The second-order valence-electron chi connectivity index (χ2n) is 3.88. The fourth-order valence-electron chi connectivity index (χ4n) is 1.64. The van der Waals surface area contributed by atoms with Crippen LogP contribution in [0.5, 0.6) is 11.5 Å². The van der Waals surface area contributed by atoms with E-state index in [-0.39, 0.29) is 11.4 Å². The molecule has 0 saturated carbocycles. The largest absolute Gasteiger partial charge is 0.450 e. The molecule has 0 aliphatic rings. The van der Waals surface area contributed by atoms with Gasteiger partial charge in [-0.15, -0.1) is 0 Å². The van der Waals surface area contributed by atoms with Gasteiger partial charge >= 0.3 is 11.4 Å². The molecule has 0 radical (unpaired) electrons. The van der Waals surface area contributed by atoms with Crippen LogP contribution in [-0.2, 0) is 0 Å². The number of hydrogen-bond donors (Lipinski definition) is 2. The fourth-order valence-corrected chi connectivity index (χ4v) is 1.64. The van der Waals surface area contributed by atoms with E-state index in [0.29, 0.717) is 5.75 Å². The van der Waals surface area contributed by atoms with Gasteiger partial charge in [0.05, 0.1) is 9.85 Å². The van der Waals surface area contributed by atoms with E-state index in [0.717, 1.165) is 12.1 Å². The van der Waals surface area contributed by atoms with E-state index in [1.54, 1.807) is 35.8 Å². The number of hydrogen-bond acceptors (Lipinski definition) is 7. The lowest BCUT2D eigenvalue weighted by molar-refractivity contribution is -0.394. The van der Waals surface area contributed by atoms with Crippen molar-refractivity contribution in [1.82, 2.24) is 0 Å². The summed E-state index contributed by atoms with van der Waals surface area (Å²) in [5.74, 6) is 0.0895. The highest BCUT2D eigenvalue weighted by Crippen LogP contribution is 2.39. The molecule has 9 nitrogen and oxygen atoms in total. The zero-order valence-electron chi connectivity index (χ0n) is 10.4. The molecule has 0 heterocycles. The third-order valence-corrected chi connectivity index (χ3v) is 2.56. The molecule has 2 aromatic rings. The summed E-state index contributed by atoms with van der Waals surface area (Å²) in [5, 5.41) is 30.7. The van der Waals surface area contributed by atoms with Crippen molar-refractivity contribution in [2.75, 3.05) is 5.48 Å². The minimum absolute atomic E-state index is 0.228. The Morgan fingerprint density at radius 1 is 1.00 bits per heavy atom. The van der Waals surface area contributed by atoms with E-state index in [1.165, 1.54) is 0 Å². The van der Waals surface area contributed by atoms with Crippen molar-refractivity contribution in [2.45, 2.75) is 0 Å². The Balaban J connectivity index is 2.53. The van der Waals surface area contributed by atoms with Crippen LogP contribution in [0.1, 0.15) is 0 Å². The topological polar surface area (TPSA) is 128 Å². The maximum absolute atomic E-state index is 11.0. The van der Waals surface area contributed by atoms with Gasteiger partial charge in [-0.1, -0.05) is 18.2 Å². The van der Waals surface area contributed by atoms with E-state index in [2.05, 4.69) is 0 Å². The van der Waals surface area contributed by atoms with Crippen LogP contribution in [0.25, 0.3) is 0 Å². The van der Waals surface area contributed by atoms with Crippen molar-refractivity contribution in [3.05, 3.63) is 62.7 Å². The van der Waals surface area contributed by atoms with Gasteiger partial charge in [0.1, 0.15) is 17.5 Å². The molecule has 2 rings (SSSR count). The predicted octanol–water partition coefficient (Wildman–Crippen LogP) is 3.10. The first-order chi connectivity index (χ1) is 10.0. The molecule has 0 aromatic heterocycles. The highest BCUT2D eigenvalue weighted by molar-refractivity contribution is 5.70. The standard InChI is InChI=1S/C12H9N3O6/c16-13-9-6-12(21-8-4-2-1-3-5-8)11(15(19)20)7-10(9)14(17)18/h1-7,13,16H. The van der Waals surface area contributed by atoms with Gasteiger partial charge in [-0.3, -0.25) is 30.9 Å². The van der Waals surface area contributed by atoms with E-state index < -0.39 is 21.2 Å². The van der Waals surface area contributed by atoms with Crippen LogP contribution in [0.3, 0.4) is 0 Å². The normalized spacial score (nSPS) is 9.95. The van der Waals surface area contributed by atoms with Crippen molar-refractivity contribution in [3.63, 3.8) is 0 Å². The minimum Gasteiger partial charge on any atom is -0.450 e. The summed E-state index contributed by atoms with van der Waals surface area (Å²) < 4.78 is 5.33. The molecule has 0 aliphatic heterocycles. The highest BCUT2D eigenvalue weighted by atomic mass is 16.6. The second kappa shape index (κ2) is 5.84. The summed E-state index contributed by atoms with van der Waals surface area (Å²) >= 11 is 0. The molecule has 0 saturated heterocycles. The van der Waals surface area contributed by atoms with Gasteiger partial charge in [0.15, 0.2) is 0 Å². The summed E-state index contributed by atoms with van der Waals surface area (Å²) in [6, 6.07) is 9.90. The Hall–Kier alpha value is -3.20. The fraction of sp³-hybridized carbons (Fsp3) is 0. The number of benzene rings is 2. The van der Waals surface area contributed by atoms with Crippen molar-refractivity contribution >= 4 is 17.1 Å². The van der Waals surface area contributed by atoms with Gasteiger partial charge in [0, 0.05) is 6.07 Å².